The lowest BCUT2D eigenvalue weighted by Gasteiger charge is -2.36. The van der Waals surface area contributed by atoms with Crippen molar-refractivity contribution in [3.8, 4) is 0 Å². The average Bonchev–Trinajstić information content (AvgIpc) is 2.64. The molecule has 2 aromatic rings. The number of piperidine rings is 1. The van der Waals surface area contributed by atoms with Crippen molar-refractivity contribution in [3.05, 3.63) is 45.7 Å². The molecule has 5 nitrogen and oxygen atoms in total. The van der Waals surface area contributed by atoms with Crippen LogP contribution in [-0.4, -0.2) is 60.7 Å². The minimum Gasteiger partial charge on any atom is -0.379 e. The maximum atomic E-state index is 12.5. The Bertz CT molecular complexity index is 810. The summed E-state index contributed by atoms with van der Waals surface area (Å²) in [5, 5.41) is 0.789. The summed E-state index contributed by atoms with van der Waals surface area (Å²) >= 11 is 0. The van der Waals surface area contributed by atoms with Gasteiger partial charge < -0.3 is 9.72 Å². The molecule has 4 rings (SSSR count). The van der Waals surface area contributed by atoms with Gasteiger partial charge in [0.1, 0.15) is 0 Å². The van der Waals surface area contributed by atoms with Crippen molar-refractivity contribution in [2.75, 3.05) is 45.9 Å². The van der Waals surface area contributed by atoms with Crippen LogP contribution in [0.25, 0.3) is 10.9 Å². The second kappa shape index (κ2) is 7.91. The van der Waals surface area contributed by atoms with Crippen LogP contribution in [0, 0.1) is 12.8 Å². The highest BCUT2D eigenvalue weighted by Gasteiger charge is 2.23. The van der Waals surface area contributed by atoms with Gasteiger partial charge in [-0.25, -0.2) is 0 Å². The van der Waals surface area contributed by atoms with Crippen molar-refractivity contribution < 1.29 is 4.74 Å². The number of nitrogens with zero attached hydrogens (tertiary/aromatic N) is 2. The highest BCUT2D eigenvalue weighted by Crippen LogP contribution is 2.20. The molecule has 140 valence electrons. The molecule has 2 aliphatic rings. The van der Waals surface area contributed by atoms with E-state index in [9.17, 15) is 4.79 Å². The molecule has 5 heteroatoms. The van der Waals surface area contributed by atoms with Gasteiger partial charge >= 0.3 is 0 Å². The Morgan fingerprint density at radius 1 is 1.15 bits per heavy atom. The van der Waals surface area contributed by atoms with Crippen LogP contribution in [0.5, 0.6) is 0 Å². The van der Waals surface area contributed by atoms with E-state index < -0.39 is 0 Å². The first-order chi connectivity index (χ1) is 12.7. The number of aryl methyl sites for hydroxylation is 1. The molecular formula is C21H29N3O2. The Labute approximate surface area is 154 Å². The van der Waals surface area contributed by atoms with Gasteiger partial charge in [-0.05, 0) is 44.4 Å². The SMILES string of the molecule is Cc1ccc2[nH]c(CN3CCCC(CN4CCOCC4)C3)cc(=O)c2c1. The van der Waals surface area contributed by atoms with Gasteiger partial charge in [-0.1, -0.05) is 11.6 Å². The van der Waals surface area contributed by atoms with Crippen molar-refractivity contribution in [1.82, 2.24) is 14.8 Å². The quantitative estimate of drug-likeness (QED) is 0.915. The van der Waals surface area contributed by atoms with Crippen LogP contribution < -0.4 is 5.43 Å². The number of aromatic nitrogens is 1. The minimum absolute atomic E-state index is 0.124. The molecule has 0 spiro atoms. The molecule has 2 aliphatic heterocycles. The smallest absolute Gasteiger partial charge is 0.189 e. The molecule has 1 aromatic carbocycles. The number of rotatable bonds is 4. The summed E-state index contributed by atoms with van der Waals surface area (Å²) in [7, 11) is 0. The normalized spacial score (nSPS) is 22.7. The van der Waals surface area contributed by atoms with Gasteiger partial charge in [0.2, 0.25) is 0 Å². The fourth-order valence-electron chi connectivity index (χ4n) is 4.33. The number of pyridine rings is 1. The zero-order valence-corrected chi connectivity index (χ0v) is 15.7. The Kier molecular flexibility index (Phi) is 5.38. The highest BCUT2D eigenvalue weighted by molar-refractivity contribution is 5.79. The van der Waals surface area contributed by atoms with E-state index in [1.807, 2.05) is 19.1 Å². The van der Waals surface area contributed by atoms with Crippen molar-refractivity contribution in [3.63, 3.8) is 0 Å². The first kappa shape index (κ1) is 17.7. The number of nitrogens with one attached hydrogen (secondary N) is 1. The molecule has 0 bridgehead atoms. The standard InChI is InChI=1S/C21H29N3O2/c1-16-4-5-20-19(11-16)21(25)12-18(22-20)15-24-6-2-3-17(14-24)13-23-7-9-26-10-8-23/h4-5,11-12,17H,2-3,6-10,13-15H2,1H3,(H,22,25). The van der Waals surface area contributed by atoms with E-state index in [1.54, 1.807) is 6.07 Å². The maximum absolute atomic E-state index is 12.5. The topological polar surface area (TPSA) is 48.6 Å². The van der Waals surface area contributed by atoms with Crippen molar-refractivity contribution in [2.45, 2.75) is 26.3 Å². The molecule has 0 radical (unpaired) electrons. The van der Waals surface area contributed by atoms with Gasteiger partial charge in [0.25, 0.3) is 0 Å². The van der Waals surface area contributed by atoms with Gasteiger partial charge in [-0.2, -0.15) is 0 Å². The van der Waals surface area contributed by atoms with Crippen LogP contribution in [0.1, 0.15) is 24.1 Å². The number of fused-ring (bicyclic) bond motifs is 1. The van der Waals surface area contributed by atoms with E-state index in [0.29, 0.717) is 0 Å². The largest absolute Gasteiger partial charge is 0.379 e. The fraction of sp³-hybridized carbons (Fsp3) is 0.571. The zero-order valence-electron chi connectivity index (χ0n) is 15.7. The fourth-order valence-corrected chi connectivity index (χ4v) is 4.33. The third-order valence-electron chi connectivity index (χ3n) is 5.66. The molecular weight excluding hydrogens is 326 g/mol. The summed E-state index contributed by atoms with van der Waals surface area (Å²) in [6.45, 7) is 10.1. The highest BCUT2D eigenvalue weighted by atomic mass is 16.5. The number of morpholine rings is 1. The van der Waals surface area contributed by atoms with Crippen LogP contribution in [0.2, 0.25) is 0 Å². The zero-order chi connectivity index (χ0) is 17.9. The molecule has 1 unspecified atom stereocenters. The molecule has 1 N–H and O–H groups in total. The summed E-state index contributed by atoms with van der Waals surface area (Å²) in [4.78, 5) is 21.0. The summed E-state index contributed by atoms with van der Waals surface area (Å²) in [5.41, 5.74) is 3.22. The van der Waals surface area contributed by atoms with Crippen molar-refractivity contribution >= 4 is 10.9 Å². The third kappa shape index (κ3) is 4.17. The summed E-state index contributed by atoms with van der Waals surface area (Å²) in [6, 6.07) is 7.83. The Morgan fingerprint density at radius 2 is 2.00 bits per heavy atom. The molecule has 26 heavy (non-hydrogen) atoms. The number of benzene rings is 1. The number of likely N-dealkylation sites (tertiary alicyclic amines) is 1. The molecule has 0 saturated carbocycles. The van der Waals surface area contributed by atoms with E-state index in [0.717, 1.165) is 74.0 Å². The maximum Gasteiger partial charge on any atom is 0.189 e. The Morgan fingerprint density at radius 3 is 2.85 bits per heavy atom. The first-order valence-corrected chi connectivity index (χ1v) is 9.82. The van der Waals surface area contributed by atoms with Gasteiger partial charge in [-0.15, -0.1) is 0 Å². The number of hydrogen-bond acceptors (Lipinski definition) is 4. The van der Waals surface area contributed by atoms with E-state index in [2.05, 4.69) is 20.9 Å². The van der Waals surface area contributed by atoms with Crippen LogP contribution in [0.3, 0.4) is 0 Å². The van der Waals surface area contributed by atoms with Crippen LogP contribution >= 0.6 is 0 Å². The summed E-state index contributed by atoms with van der Waals surface area (Å²) < 4.78 is 5.46. The Balaban J connectivity index is 1.42. The predicted molar refractivity (Wildman–Crippen MR) is 105 cm³/mol. The molecule has 2 saturated heterocycles. The monoisotopic (exact) mass is 355 g/mol. The van der Waals surface area contributed by atoms with Crippen LogP contribution in [0.4, 0.5) is 0 Å². The molecule has 1 atom stereocenters. The Hall–Kier alpha value is -1.69. The summed E-state index contributed by atoms with van der Waals surface area (Å²) in [6.07, 6.45) is 2.55. The van der Waals surface area contributed by atoms with Gasteiger partial charge in [0, 0.05) is 55.4 Å². The van der Waals surface area contributed by atoms with Crippen LogP contribution in [0.15, 0.2) is 29.1 Å². The van der Waals surface area contributed by atoms with E-state index in [1.165, 1.54) is 19.4 Å². The van der Waals surface area contributed by atoms with Crippen molar-refractivity contribution in [2.24, 2.45) is 5.92 Å². The lowest BCUT2D eigenvalue weighted by molar-refractivity contribution is 0.0223. The molecule has 0 aliphatic carbocycles. The van der Waals surface area contributed by atoms with E-state index in [-0.39, 0.29) is 5.43 Å². The molecule has 2 fully saturated rings. The van der Waals surface area contributed by atoms with Crippen molar-refractivity contribution in [1.29, 1.82) is 0 Å². The predicted octanol–water partition coefficient (Wildman–Crippen LogP) is 2.38. The van der Waals surface area contributed by atoms with Gasteiger partial charge in [-0.3, -0.25) is 14.6 Å². The summed E-state index contributed by atoms with van der Waals surface area (Å²) in [5.74, 6) is 0.719. The number of H-pyrrole nitrogens is 1. The lowest BCUT2D eigenvalue weighted by atomic mass is 9.97. The second-order valence-electron chi connectivity index (χ2n) is 7.86. The molecule has 3 heterocycles. The third-order valence-corrected chi connectivity index (χ3v) is 5.66. The van der Waals surface area contributed by atoms with Gasteiger partial charge in [0.05, 0.1) is 13.2 Å². The van der Waals surface area contributed by atoms with E-state index in [4.69, 9.17) is 4.74 Å². The van der Waals surface area contributed by atoms with Gasteiger partial charge in [0.15, 0.2) is 5.43 Å². The lowest BCUT2D eigenvalue weighted by Crippen LogP contribution is -2.44. The molecule has 1 aromatic heterocycles. The van der Waals surface area contributed by atoms with E-state index >= 15 is 0 Å². The second-order valence-corrected chi connectivity index (χ2v) is 7.86. The number of hydrogen-bond donors (Lipinski definition) is 1. The van der Waals surface area contributed by atoms with Crippen LogP contribution in [-0.2, 0) is 11.3 Å². The minimum atomic E-state index is 0.124. The molecule has 0 amide bonds. The number of aromatic amines is 1. The number of ether oxygens (including phenoxy) is 1. The average molecular weight is 355 g/mol. The first-order valence-electron chi connectivity index (χ1n) is 9.82.